The number of rotatable bonds is 6. The molecule has 2 aromatic carbocycles. The van der Waals surface area contributed by atoms with Gasteiger partial charge in [0.05, 0.1) is 22.2 Å². The van der Waals surface area contributed by atoms with Gasteiger partial charge in [-0.2, -0.15) is 26.3 Å². The van der Waals surface area contributed by atoms with Crippen molar-refractivity contribution in [2.45, 2.75) is 68.4 Å². The number of benzene rings is 2. The molecule has 0 spiro atoms. The van der Waals surface area contributed by atoms with Crippen molar-refractivity contribution >= 4 is 22.4 Å². The third kappa shape index (κ3) is 6.41. The average Bonchev–Trinajstić information content (AvgIpc) is 3.59. The van der Waals surface area contributed by atoms with Crippen LogP contribution in [0.4, 0.5) is 35.9 Å². The molecular formula is C29H29F7N4OS. The molecule has 5 rings (SSSR count). The van der Waals surface area contributed by atoms with Gasteiger partial charge >= 0.3 is 12.4 Å². The maximum Gasteiger partial charge on any atom is 0.416 e. The number of amides is 1. The maximum absolute atomic E-state index is 13.7. The largest absolute Gasteiger partial charge is 0.416 e. The summed E-state index contributed by atoms with van der Waals surface area (Å²) in [7, 11) is 0. The van der Waals surface area contributed by atoms with Gasteiger partial charge in [-0.15, -0.1) is 11.3 Å². The van der Waals surface area contributed by atoms with Crippen LogP contribution in [0.3, 0.4) is 0 Å². The van der Waals surface area contributed by atoms with E-state index < -0.39 is 41.3 Å². The molecule has 3 aromatic rings. The number of alkyl halides is 6. The highest BCUT2D eigenvalue weighted by molar-refractivity contribution is 7.13. The number of carbonyl (C=O) groups excluding carboxylic acids is 1. The van der Waals surface area contributed by atoms with Crippen LogP contribution in [-0.2, 0) is 29.1 Å². The molecule has 0 bridgehead atoms. The lowest BCUT2D eigenvalue weighted by Crippen LogP contribution is -2.45. The number of likely N-dealkylation sites (tertiary alicyclic amines) is 1. The third-order valence-corrected chi connectivity index (χ3v) is 9.10. The van der Waals surface area contributed by atoms with Crippen molar-refractivity contribution in [1.82, 2.24) is 15.2 Å². The fourth-order valence-corrected chi connectivity index (χ4v) is 6.86. The van der Waals surface area contributed by atoms with E-state index in [1.165, 1.54) is 12.1 Å². The first kappa shape index (κ1) is 30.3. The Balaban J connectivity index is 1.31. The van der Waals surface area contributed by atoms with E-state index in [1.807, 2.05) is 0 Å². The highest BCUT2D eigenvalue weighted by atomic mass is 32.1. The lowest BCUT2D eigenvalue weighted by Gasteiger charge is -2.37. The fourth-order valence-electron chi connectivity index (χ4n) is 6.20. The van der Waals surface area contributed by atoms with Crippen LogP contribution in [0.15, 0.2) is 47.8 Å². The first-order chi connectivity index (χ1) is 19.7. The molecule has 0 radical (unpaired) electrons. The quantitative estimate of drug-likeness (QED) is 0.297. The van der Waals surface area contributed by atoms with E-state index in [9.17, 15) is 35.5 Å². The molecule has 1 aliphatic carbocycles. The monoisotopic (exact) mass is 614 g/mol. The number of nitrogens with one attached hydrogen (secondary N) is 1. The van der Waals surface area contributed by atoms with E-state index in [2.05, 4.69) is 15.2 Å². The molecule has 5 nitrogen and oxygen atoms in total. The van der Waals surface area contributed by atoms with Crippen LogP contribution >= 0.6 is 11.3 Å². The number of aromatic nitrogens is 1. The summed E-state index contributed by atoms with van der Waals surface area (Å²) < 4.78 is 93.3. The van der Waals surface area contributed by atoms with E-state index in [0.29, 0.717) is 43.0 Å². The fraction of sp³-hybridized carbons (Fsp3) is 0.448. The number of piperidine rings is 1. The highest BCUT2D eigenvalue weighted by Gasteiger charge is 2.50. The van der Waals surface area contributed by atoms with Crippen molar-refractivity contribution in [3.05, 3.63) is 81.6 Å². The molecule has 1 saturated heterocycles. The Bertz CT molecular complexity index is 1380. The molecule has 2 aliphatic rings. The highest BCUT2D eigenvalue weighted by Crippen LogP contribution is 2.45. The van der Waals surface area contributed by atoms with Crippen molar-refractivity contribution in [2.24, 2.45) is 0 Å². The van der Waals surface area contributed by atoms with Crippen molar-refractivity contribution in [1.29, 1.82) is 0 Å². The smallest absolute Gasteiger partial charge is 0.375 e. The molecular weight excluding hydrogens is 585 g/mol. The normalized spacial score (nSPS) is 22.4. The Morgan fingerprint density at radius 1 is 1.00 bits per heavy atom. The zero-order chi connectivity index (χ0) is 30.3. The first-order valence-electron chi connectivity index (χ1n) is 13.5. The van der Waals surface area contributed by atoms with Gasteiger partial charge in [0.1, 0.15) is 5.82 Å². The van der Waals surface area contributed by atoms with Gasteiger partial charge in [0.2, 0.25) is 5.91 Å². The lowest BCUT2D eigenvalue weighted by molar-refractivity contribution is -0.143. The summed E-state index contributed by atoms with van der Waals surface area (Å²) in [5.74, 6) is -0.501. The number of hydrogen-bond donors (Lipinski definition) is 2. The molecule has 1 aromatic heterocycles. The standard InChI is InChI=1S/C29H29F7N4OS/c30-22-3-1-18(2-4-22)19-6-9-40(10-7-19)23-5-8-27(14-23,24-16-42-26(37)39-24)25(41)38-15-17-11-20(28(31,32)33)13-21(12-17)29(34,35)36/h1-4,11-13,16,19,23H,5-10,14-15H2,(H2,37,39)(H,38,41). The minimum absolute atomic E-state index is 0.0261. The number of nitrogens with zero attached hydrogens (tertiary/aromatic N) is 2. The number of hydrogen-bond acceptors (Lipinski definition) is 5. The van der Waals surface area contributed by atoms with Crippen molar-refractivity contribution in [3.63, 3.8) is 0 Å². The molecule has 2 fully saturated rings. The summed E-state index contributed by atoms with van der Waals surface area (Å²) in [6.07, 6.45) is -6.79. The topological polar surface area (TPSA) is 71.2 Å². The molecule has 2 heterocycles. The summed E-state index contributed by atoms with van der Waals surface area (Å²) in [6.45, 7) is 1.03. The van der Waals surface area contributed by atoms with Crippen LogP contribution in [0.2, 0.25) is 0 Å². The van der Waals surface area contributed by atoms with Crippen molar-refractivity contribution < 1.29 is 35.5 Å². The summed E-state index contributed by atoms with van der Waals surface area (Å²) in [6, 6.07) is 7.83. The van der Waals surface area contributed by atoms with Crippen LogP contribution < -0.4 is 11.1 Å². The molecule has 226 valence electrons. The predicted molar refractivity (Wildman–Crippen MR) is 144 cm³/mol. The summed E-state index contributed by atoms with van der Waals surface area (Å²) >= 11 is 1.16. The van der Waals surface area contributed by atoms with E-state index in [0.717, 1.165) is 42.8 Å². The van der Waals surface area contributed by atoms with Crippen molar-refractivity contribution in [2.75, 3.05) is 18.8 Å². The number of carbonyl (C=O) groups is 1. The Labute approximate surface area is 241 Å². The van der Waals surface area contributed by atoms with Gasteiger partial charge in [-0.05, 0) is 92.6 Å². The van der Waals surface area contributed by atoms with Gasteiger partial charge in [-0.1, -0.05) is 12.1 Å². The Morgan fingerprint density at radius 3 is 2.17 bits per heavy atom. The Morgan fingerprint density at radius 2 is 1.62 bits per heavy atom. The van der Waals surface area contributed by atoms with Crippen LogP contribution in [-0.4, -0.2) is 34.9 Å². The number of thiazole rings is 1. The molecule has 2 unspecified atom stereocenters. The number of halogens is 7. The number of nitrogen functional groups attached to an aromatic ring is 1. The molecule has 3 N–H and O–H groups in total. The Hall–Kier alpha value is -3.19. The van der Waals surface area contributed by atoms with Crippen LogP contribution in [0.25, 0.3) is 0 Å². The van der Waals surface area contributed by atoms with Gasteiger partial charge in [-0.3, -0.25) is 4.79 Å². The van der Waals surface area contributed by atoms with E-state index in [1.54, 1.807) is 17.5 Å². The van der Waals surface area contributed by atoms with Crippen LogP contribution in [0, 0.1) is 5.82 Å². The summed E-state index contributed by atoms with van der Waals surface area (Å²) in [4.78, 5) is 20.4. The second-order valence-electron chi connectivity index (χ2n) is 11.0. The zero-order valence-corrected chi connectivity index (χ0v) is 23.2. The van der Waals surface area contributed by atoms with Gasteiger partial charge < -0.3 is 16.0 Å². The van der Waals surface area contributed by atoms with E-state index in [-0.39, 0.29) is 28.6 Å². The molecule has 2 atom stereocenters. The van der Waals surface area contributed by atoms with Crippen LogP contribution in [0.5, 0.6) is 0 Å². The second kappa shape index (κ2) is 11.5. The molecule has 42 heavy (non-hydrogen) atoms. The summed E-state index contributed by atoms with van der Waals surface area (Å²) in [5.41, 5.74) is 3.10. The lowest BCUT2D eigenvalue weighted by atomic mass is 9.81. The van der Waals surface area contributed by atoms with Gasteiger partial charge in [-0.25, -0.2) is 9.37 Å². The average molecular weight is 615 g/mol. The first-order valence-corrected chi connectivity index (χ1v) is 14.4. The third-order valence-electron chi connectivity index (χ3n) is 8.42. The molecule has 13 heteroatoms. The minimum atomic E-state index is -4.98. The second-order valence-corrected chi connectivity index (χ2v) is 11.9. The molecule has 1 saturated carbocycles. The van der Waals surface area contributed by atoms with Gasteiger partial charge in [0.15, 0.2) is 5.13 Å². The predicted octanol–water partition coefficient (Wildman–Crippen LogP) is 6.89. The minimum Gasteiger partial charge on any atom is -0.375 e. The number of nitrogens with two attached hydrogens (primary N) is 1. The summed E-state index contributed by atoms with van der Waals surface area (Å²) in [5, 5.41) is 4.55. The van der Waals surface area contributed by atoms with Gasteiger partial charge in [0.25, 0.3) is 0 Å². The van der Waals surface area contributed by atoms with E-state index in [4.69, 9.17) is 5.73 Å². The SMILES string of the molecule is Nc1nc(C2(C(=O)NCc3cc(C(F)(F)F)cc(C(F)(F)F)c3)CCC(N3CCC(c4ccc(F)cc4)CC3)C2)cs1. The zero-order valence-electron chi connectivity index (χ0n) is 22.4. The van der Waals surface area contributed by atoms with Crippen LogP contribution in [0.1, 0.15) is 66.0 Å². The maximum atomic E-state index is 13.7. The molecule has 1 aliphatic heterocycles. The van der Waals surface area contributed by atoms with Crippen molar-refractivity contribution in [3.8, 4) is 0 Å². The number of anilines is 1. The van der Waals surface area contributed by atoms with Gasteiger partial charge in [0, 0.05) is 18.0 Å². The molecule has 1 amide bonds. The van der Waals surface area contributed by atoms with E-state index >= 15 is 0 Å². The Kier molecular flexibility index (Phi) is 8.27.